The van der Waals surface area contributed by atoms with Crippen molar-refractivity contribution in [2.75, 3.05) is 27.7 Å². The van der Waals surface area contributed by atoms with Crippen LogP contribution < -0.4 is 0 Å². The third kappa shape index (κ3) is 19.5. The van der Waals surface area contributed by atoms with E-state index in [0.29, 0.717) is 10.9 Å². The summed E-state index contributed by atoms with van der Waals surface area (Å²) < 4.78 is 12.1. The molecule has 196 valence electrons. The highest BCUT2D eigenvalue weighted by Gasteiger charge is 2.48. The number of quaternary nitrogens is 1. The van der Waals surface area contributed by atoms with Crippen LogP contribution >= 0.6 is 7.60 Å². The third-order valence-electron chi connectivity index (χ3n) is 6.03. The highest BCUT2D eigenvalue weighted by atomic mass is 31.2. The average molecular weight is 489 g/mol. The predicted molar refractivity (Wildman–Crippen MR) is 142 cm³/mol. The molecule has 0 amide bonds. The van der Waals surface area contributed by atoms with Crippen LogP contribution in [-0.4, -0.2) is 52.4 Å². The Hall–Kier alpha value is -0.450. The van der Waals surface area contributed by atoms with Crippen LogP contribution in [0.25, 0.3) is 0 Å². The molecule has 0 aliphatic rings. The molecule has 0 aromatic heterocycles. The van der Waals surface area contributed by atoms with Crippen LogP contribution in [0.2, 0.25) is 0 Å². The van der Waals surface area contributed by atoms with Gasteiger partial charge >= 0.3 is 7.60 Å². The Kier molecular flexibility index (Phi) is 18.6. The highest BCUT2D eigenvalue weighted by Crippen LogP contribution is 2.52. The second-order valence-electron chi connectivity index (χ2n) is 10.7. The van der Waals surface area contributed by atoms with E-state index in [1.807, 2.05) is 21.1 Å². The fourth-order valence-electron chi connectivity index (χ4n) is 4.21. The molecule has 33 heavy (non-hydrogen) atoms. The van der Waals surface area contributed by atoms with Crippen molar-refractivity contribution in [3.63, 3.8) is 0 Å². The van der Waals surface area contributed by atoms with Crippen LogP contribution in [0.3, 0.4) is 0 Å². The molecule has 0 spiro atoms. The summed E-state index contributed by atoms with van der Waals surface area (Å²) in [5.74, 6) is 0. The molecule has 5 nitrogen and oxygen atoms in total. The fraction of sp³-hybridized carbons (Fsp3) is 0.852. The zero-order valence-corrected chi connectivity index (χ0v) is 23.1. The molecule has 0 aliphatic heterocycles. The first kappa shape index (κ1) is 32.5. The van der Waals surface area contributed by atoms with Gasteiger partial charge in [-0.15, -0.1) is 0 Å². The largest absolute Gasteiger partial charge is 0.373 e. The first-order chi connectivity index (χ1) is 15.5. The molecule has 0 saturated carbocycles. The summed E-state index contributed by atoms with van der Waals surface area (Å²) in [6, 6.07) is 0. The SMILES string of the molecule is CC/C=C\CCCCCCCCCCCC/C=C\CCCCC(O)(C[N+](C)(C)C)P(=O)(O)O. The highest BCUT2D eigenvalue weighted by molar-refractivity contribution is 7.53. The van der Waals surface area contributed by atoms with Crippen molar-refractivity contribution >= 4 is 7.60 Å². The molecule has 6 heteroatoms. The lowest BCUT2D eigenvalue weighted by molar-refractivity contribution is -0.875. The molecule has 0 heterocycles. The van der Waals surface area contributed by atoms with Gasteiger partial charge < -0.3 is 19.4 Å². The van der Waals surface area contributed by atoms with Crippen molar-refractivity contribution in [3.05, 3.63) is 24.3 Å². The lowest BCUT2D eigenvalue weighted by Crippen LogP contribution is -2.49. The van der Waals surface area contributed by atoms with Crippen molar-refractivity contribution in [3.8, 4) is 0 Å². The molecule has 0 rings (SSSR count). The molecular formula is C27H55NO4P+. The number of aliphatic hydroxyl groups is 1. The maximum atomic E-state index is 11.8. The van der Waals surface area contributed by atoms with E-state index in [0.717, 1.165) is 25.7 Å². The van der Waals surface area contributed by atoms with Gasteiger partial charge in [-0.2, -0.15) is 0 Å². The van der Waals surface area contributed by atoms with Crippen molar-refractivity contribution < 1.29 is 23.9 Å². The van der Waals surface area contributed by atoms with Crippen molar-refractivity contribution in [1.29, 1.82) is 0 Å². The number of hydrogen-bond acceptors (Lipinski definition) is 2. The van der Waals surface area contributed by atoms with Gasteiger partial charge in [-0.3, -0.25) is 4.57 Å². The normalized spacial score (nSPS) is 15.0. The summed E-state index contributed by atoms with van der Waals surface area (Å²) in [5, 5.41) is 8.61. The monoisotopic (exact) mass is 488 g/mol. The minimum atomic E-state index is -4.56. The molecule has 3 N–H and O–H groups in total. The number of allylic oxidation sites excluding steroid dienone is 4. The van der Waals surface area contributed by atoms with Gasteiger partial charge in [0.05, 0.1) is 21.1 Å². The first-order valence-electron chi connectivity index (χ1n) is 13.4. The van der Waals surface area contributed by atoms with Gasteiger partial charge in [0.2, 0.25) is 5.34 Å². The molecule has 0 aliphatic carbocycles. The van der Waals surface area contributed by atoms with Crippen LogP contribution in [-0.2, 0) is 4.57 Å². The van der Waals surface area contributed by atoms with Crippen molar-refractivity contribution in [1.82, 2.24) is 0 Å². The molecule has 1 atom stereocenters. The van der Waals surface area contributed by atoms with Crippen LogP contribution in [0.5, 0.6) is 0 Å². The maximum absolute atomic E-state index is 11.8. The molecule has 0 saturated heterocycles. The average Bonchev–Trinajstić information content (AvgIpc) is 2.70. The maximum Gasteiger partial charge on any atom is 0.362 e. The van der Waals surface area contributed by atoms with E-state index in [9.17, 15) is 19.5 Å². The van der Waals surface area contributed by atoms with Crippen LogP contribution in [0.4, 0.5) is 0 Å². The predicted octanol–water partition coefficient (Wildman–Crippen LogP) is 7.32. The Bertz CT molecular complexity index is 565. The molecular weight excluding hydrogens is 433 g/mol. The van der Waals surface area contributed by atoms with Gasteiger partial charge in [0.15, 0.2) is 0 Å². The summed E-state index contributed by atoms with van der Waals surface area (Å²) in [4.78, 5) is 19.2. The van der Waals surface area contributed by atoms with E-state index in [-0.39, 0.29) is 13.0 Å². The lowest BCUT2D eigenvalue weighted by Gasteiger charge is -2.35. The van der Waals surface area contributed by atoms with Crippen LogP contribution in [0.1, 0.15) is 116 Å². The summed E-state index contributed by atoms with van der Waals surface area (Å²) in [6.45, 7) is 2.23. The standard InChI is InChI=1S/C27H54NO4P/c1-5-6-7-8-9-10-11-12-13-14-15-16-17-18-19-20-21-22-23-24-25-27(29,33(30,31)32)26-28(2,3)4/h6-7,20-21,29H,5,8-19,22-26H2,1-4H3,(H-,30,31,32)/p+1/b7-6-,21-20-. The van der Waals surface area contributed by atoms with E-state index in [1.165, 1.54) is 70.6 Å². The molecule has 0 bridgehead atoms. The van der Waals surface area contributed by atoms with Crippen LogP contribution in [0.15, 0.2) is 24.3 Å². The molecule has 0 aromatic carbocycles. The van der Waals surface area contributed by atoms with Crippen molar-refractivity contribution in [2.45, 2.75) is 121 Å². The minimum Gasteiger partial charge on any atom is -0.373 e. The summed E-state index contributed by atoms with van der Waals surface area (Å²) >= 11 is 0. The summed E-state index contributed by atoms with van der Waals surface area (Å²) in [6.07, 6.45) is 28.5. The van der Waals surface area contributed by atoms with E-state index in [2.05, 4.69) is 31.2 Å². The third-order valence-corrected chi connectivity index (χ3v) is 7.48. The Morgan fingerprint density at radius 2 is 1.03 bits per heavy atom. The Balaban J connectivity index is 3.61. The number of unbranched alkanes of at least 4 members (excludes halogenated alkanes) is 13. The van der Waals surface area contributed by atoms with Gasteiger partial charge in [-0.05, 0) is 57.8 Å². The molecule has 0 fully saturated rings. The number of hydrogen-bond donors (Lipinski definition) is 3. The number of nitrogens with zero attached hydrogens (tertiary/aromatic N) is 1. The molecule has 0 radical (unpaired) electrons. The zero-order valence-electron chi connectivity index (χ0n) is 22.2. The van der Waals surface area contributed by atoms with Crippen molar-refractivity contribution in [2.24, 2.45) is 0 Å². The Labute approximate surface area is 205 Å². The number of rotatable bonds is 22. The molecule has 0 aromatic rings. The molecule has 1 unspecified atom stereocenters. The van der Waals surface area contributed by atoms with Gasteiger partial charge in [-0.25, -0.2) is 0 Å². The topological polar surface area (TPSA) is 77.8 Å². The number of likely N-dealkylation sites (N-methyl/N-ethyl adjacent to an activating group) is 1. The zero-order chi connectivity index (χ0) is 25.1. The Morgan fingerprint density at radius 3 is 1.39 bits per heavy atom. The second-order valence-corrected chi connectivity index (χ2v) is 12.6. The minimum absolute atomic E-state index is 0.0457. The fourth-order valence-corrected chi connectivity index (χ4v) is 5.26. The van der Waals surface area contributed by atoms with Gasteiger partial charge in [0.1, 0.15) is 6.54 Å². The smallest absolute Gasteiger partial charge is 0.362 e. The van der Waals surface area contributed by atoms with E-state index < -0.39 is 12.9 Å². The van der Waals surface area contributed by atoms with Crippen LogP contribution in [0, 0.1) is 0 Å². The second kappa shape index (κ2) is 18.8. The van der Waals surface area contributed by atoms with Gasteiger partial charge in [0, 0.05) is 0 Å². The van der Waals surface area contributed by atoms with E-state index in [1.54, 1.807) is 0 Å². The quantitative estimate of drug-likeness (QED) is 0.0645. The summed E-state index contributed by atoms with van der Waals surface area (Å²) in [7, 11) is 0.937. The summed E-state index contributed by atoms with van der Waals surface area (Å²) in [5.41, 5.74) is 0. The van der Waals surface area contributed by atoms with E-state index in [4.69, 9.17) is 0 Å². The van der Waals surface area contributed by atoms with Gasteiger partial charge in [0.25, 0.3) is 0 Å². The Morgan fingerprint density at radius 1 is 0.667 bits per heavy atom. The lowest BCUT2D eigenvalue weighted by atomic mass is 10.0. The van der Waals surface area contributed by atoms with E-state index >= 15 is 0 Å². The van der Waals surface area contributed by atoms with Gasteiger partial charge in [-0.1, -0.05) is 82.6 Å². The first-order valence-corrected chi connectivity index (χ1v) is 15.0.